The number of nitrogens with one attached hydrogen (secondary N) is 2. The van der Waals surface area contributed by atoms with Crippen LogP contribution in [0.5, 0.6) is 17.2 Å². The number of rotatable bonds is 4. The van der Waals surface area contributed by atoms with Crippen molar-refractivity contribution in [3.63, 3.8) is 0 Å². The summed E-state index contributed by atoms with van der Waals surface area (Å²) in [7, 11) is 1.42. The summed E-state index contributed by atoms with van der Waals surface area (Å²) in [6.45, 7) is 3.70. The second-order valence-electron chi connectivity index (χ2n) is 6.15. The van der Waals surface area contributed by atoms with Crippen molar-refractivity contribution in [1.82, 2.24) is 0 Å². The summed E-state index contributed by atoms with van der Waals surface area (Å²) in [6.07, 6.45) is 0. The molecule has 0 saturated heterocycles. The number of para-hydroxylation sites is 2. The van der Waals surface area contributed by atoms with Crippen molar-refractivity contribution in [3.05, 3.63) is 47.5 Å². The van der Waals surface area contributed by atoms with Gasteiger partial charge in [-0.15, -0.1) is 0 Å². The van der Waals surface area contributed by atoms with E-state index in [1.54, 1.807) is 24.3 Å². The minimum Gasteiger partial charge on any atom is -0.508 e. The van der Waals surface area contributed by atoms with Crippen molar-refractivity contribution < 1.29 is 19.7 Å². The fraction of sp³-hybridized carbons (Fsp3) is 0.211. The molecule has 0 heterocycles. The second kappa shape index (κ2) is 7.77. The number of hydrogen-bond donors (Lipinski definition) is 5. The summed E-state index contributed by atoms with van der Waals surface area (Å²) in [6, 6.07) is 9.11. The number of nitrogens with zero attached hydrogens (tertiary/aromatic N) is 1. The predicted molar refractivity (Wildman–Crippen MR) is 103 cm³/mol. The van der Waals surface area contributed by atoms with Crippen LogP contribution in [0.15, 0.2) is 36.4 Å². The zero-order valence-corrected chi connectivity index (χ0v) is 15.3. The highest BCUT2D eigenvalue weighted by atomic mass is 16.5. The van der Waals surface area contributed by atoms with Gasteiger partial charge < -0.3 is 20.7 Å². The molecular weight excluding hydrogens is 348 g/mol. The molecule has 8 nitrogen and oxygen atoms in total. The number of carbonyl (C=O) groups excluding carboxylic acids is 1. The minimum atomic E-state index is -1.05. The fourth-order valence-electron chi connectivity index (χ4n) is 2.64. The zero-order valence-electron chi connectivity index (χ0n) is 15.3. The maximum atomic E-state index is 11.7. The van der Waals surface area contributed by atoms with E-state index in [4.69, 9.17) is 21.3 Å². The topological polar surface area (TPSA) is 144 Å². The van der Waals surface area contributed by atoms with Crippen molar-refractivity contribution in [2.24, 2.45) is 5.73 Å². The lowest BCUT2D eigenvalue weighted by Crippen LogP contribution is -2.44. The van der Waals surface area contributed by atoms with Crippen LogP contribution in [0.3, 0.4) is 0 Å². The number of phenols is 2. The maximum Gasteiger partial charge on any atom is 0.284 e. The first-order chi connectivity index (χ1) is 12.7. The number of aromatic hydroxyl groups is 2. The Morgan fingerprint density at radius 3 is 2.33 bits per heavy atom. The Labute approximate surface area is 156 Å². The summed E-state index contributed by atoms with van der Waals surface area (Å²) < 4.78 is 5.26. The third-order valence-corrected chi connectivity index (χ3v) is 4.03. The zero-order chi connectivity index (χ0) is 20.3. The molecule has 0 aliphatic rings. The molecule has 0 radical (unpaired) electrons. The highest BCUT2D eigenvalue weighted by Crippen LogP contribution is 2.35. The molecule has 0 aliphatic carbocycles. The minimum absolute atomic E-state index is 0.0356. The van der Waals surface area contributed by atoms with Crippen molar-refractivity contribution >= 4 is 23.3 Å². The molecule has 0 fully saturated rings. The standard InChI is InChI=1S/C19H22N4O4/c1-10(2)11-8-12(15(25)9-14(11)24)17(20)23(18(21)19(22)26)13-6-4-5-7-16(13)27-3/h4-10,20-21,24-25H,1-3H3,(H2,22,26). The Bertz CT molecular complexity index is 909. The van der Waals surface area contributed by atoms with E-state index in [2.05, 4.69) is 0 Å². The second-order valence-corrected chi connectivity index (χ2v) is 6.15. The van der Waals surface area contributed by atoms with E-state index in [0.717, 1.165) is 11.0 Å². The molecule has 8 heteroatoms. The molecule has 1 amide bonds. The summed E-state index contributed by atoms with van der Waals surface area (Å²) in [5, 5.41) is 36.9. The number of nitrogens with two attached hydrogens (primary N) is 1. The average molecular weight is 370 g/mol. The maximum absolute atomic E-state index is 11.7. The molecule has 2 rings (SSSR count). The van der Waals surface area contributed by atoms with Gasteiger partial charge in [-0.3, -0.25) is 20.5 Å². The third-order valence-electron chi connectivity index (χ3n) is 4.03. The third kappa shape index (κ3) is 3.84. The van der Waals surface area contributed by atoms with Gasteiger partial charge in [0.1, 0.15) is 23.1 Å². The first kappa shape index (κ1) is 19.8. The van der Waals surface area contributed by atoms with Gasteiger partial charge in [0.25, 0.3) is 5.91 Å². The van der Waals surface area contributed by atoms with Gasteiger partial charge in [0.05, 0.1) is 18.4 Å². The molecule has 142 valence electrons. The number of phenolic OH excluding ortho intramolecular Hbond substituents is 2. The number of primary amides is 1. The first-order valence-electron chi connectivity index (χ1n) is 8.15. The lowest BCUT2D eigenvalue weighted by Gasteiger charge is -2.26. The number of hydrogen-bond acceptors (Lipinski definition) is 6. The number of amidine groups is 2. The molecular formula is C19H22N4O4. The fourth-order valence-corrected chi connectivity index (χ4v) is 2.64. The number of carbonyl (C=O) groups is 1. The van der Waals surface area contributed by atoms with Gasteiger partial charge in [-0.2, -0.15) is 0 Å². The van der Waals surface area contributed by atoms with Crippen LogP contribution in [-0.4, -0.2) is 34.9 Å². The normalized spacial score (nSPS) is 10.5. The molecule has 6 N–H and O–H groups in total. The smallest absolute Gasteiger partial charge is 0.284 e. The Kier molecular flexibility index (Phi) is 5.69. The Hall–Kier alpha value is -3.55. The molecule has 0 aromatic heterocycles. The largest absolute Gasteiger partial charge is 0.508 e. The van der Waals surface area contributed by atoms with Gasteiger partial charge in [-0.25, -0.2) is 0 Å². The van der Waals surface area contributed by atoms with Crippen LogP contribution in [0, 0.1) is 10.8 Å². The molecule has 2 aromatic carbocycles. The predicted octanol–water partition coefficient (Wildman–Crippen LogP) is 2.52. The molecule has 0 aliphatic heterocycles. The van der Waals surface area contributed by atoms with Crippen LogP contribution in [0.2, 0.25) is 0 Å². The van der Waals surface area contributed by atoms with Crippen molar-refractivity contribution in [2.45, 2.75) is 19.8 Å². The number of anilines is 1. The van der Waals surface area contributed by atoms with E-state index in [1.165, 1.54) is 13.2 Å². The van der Waals surface area contributed by atoms with Gasteiger partial charge in [0.15, 0.2) is 5.84 Å². The van der Waals surface area contributed by atoms with E-state index in [0.29, 0.717) is 11.3 Å². The highest BCUT2D eigenvalue weighted by molar-refractivity contribution is 6.48. The number of amides is 1. The molecule has 0 saturated carbocycles. The Morgan fingerprint density at radius 2 is 1.78 bits per heavy atom. The Balaban J connectivity index is 2.67. The molecule has 0 bridgehead atoms. The van der Waals surface area contributed by atoms with Gasteiger partial charge in [0, 0.05) is 6.07 Å². The van der Waals surface area contributed by atoms with Gasteiger partial charge in [0.2, 0.25) is 0 Å². The molecule has 2 aromatic rings. The SMILES string of the molecule is COc1ccccc1N(C(=N)C(N)=O)C(=N)c1cc(C(C)C)c(O)cc1O. The lowest BCUT2D eigenvalue weighted by molar-refractivity contribution is -0.112. The van der Waals surface area contributed by atoms with Crippen LogP contribution >= 0.6 is 0 Å². The van der Waals surface area contributed by atoms with Crippen LogP contribution in [0.1, 0.15) is 30.9 Å². The molecule has 0 spiro atoms. The van der Waals surface area contributed by atoms with Crippen molar-refractivity contribution in [1.29, 1.82) is 10.8 Å². The van der Waals surface area contributed by atoms with Crippen LogP contribution in [0.25, 0.3) is 0 Å². The monoisotopic (exact) mass is 370 g/mol. The number of ether oxygens (including phenoxy) is 1. The quantitative estimate of drug-likeness (QED) is 0.415. The van der Waals surface area contributed by atoms with Crippen molar-refractivity contribution in [2.75, 3.05) is 12.0 Å². The molecule has 27 heavy (non-hydrogen) atoms. The summed E-state index contributed by atoms with van der Waals surface area (Å²) in [5.74, 6) is -2.30. The van der Waals surface area contributed by atoms with E-state index < -0.39 is 11.7 Å². The van der Waals surface area contributed by atoms with Crippen LogP contribution in [-0.2, 0) is 4.79 Å². The van der Waals surface area contributed by atoms with E-state index in [1.807, 2.05) is 13.8 Å². The van der Waals surface area contributed by atoms with Crippen molar-refractivity contribution in [3.8, 4) is 17.2 Å². The average Bonchev–Trinajstić information content (AvgIpc) is 2.61. The van der Waals surface area contributed by atoms with E-state index in [-0.39, 0.29) is 34.5 Å². The highest BCUT2D eigenvalue weighted by Gasteiger charge is 2.27. The molecule has 0 atom stereocenters. The summed E-state index contributed by atoms with van der Waals surface area (Å²) in [5.41, 5.74) is 6.07. The summed E-state index contributed by atoms with van der Waals surface area (Å²) >= 11 is 0. The summed E-state index contributed by atoms with van der Waals surface area (Å²) in [4.78, 5) is 12.7. The van der Waals surface area contributed by atoms with Crippen LogP contribution < -0.4 is 15.4 Å². The van der Waals surface area contributed by atoms with E-state index >= 15 is 0 Å². The lowest BCUT2D eigenvalue weighted by atomic mass is 9.98. The molecule has 0 unspecified atom stereocenters. The number of benzene rings is 2. The van der Waals surface area contributed by atoms with Crippen LogP contribution in [0.4, 0.5) is 5.69 Å². The Morgan fingerprint density at radius 1 is 1.15 bits per heavy atom. The van der Waals surface area contributed by atoms with E-state index in [9.17, 15) is 15.0 Å². The van der Waals surface area contributed by atoms with Gasteiger partial charge in [-0.05, 0) is 29.7 Å². The number of methoxy groups -OCH3 is 1. The van der Waals surface area contributed by atoms with Gasteiger partial charge >= 0.3 is 0 Å². The first-order valence-corrected chi connectivity index (χ1v) is 8.15. The van der Waals surface area contributed by atoms with Gasteiger partial charge in [-0.1, -0.05) is 26.0 Å².